The van der Waals surface area contributed by atoms with Gasteiger partial charge in [-0.1, -0.05) is 0 Å². The molecule has 2 heterocycles. The Morgan fingerprint density at radius 3 is 2.92 bits per heavy atom. The van der Waals surface area contributed by atoms with E-state index >= 15 is 0 Å². The number of halogens is 1. The van der Waals surface area contributed by atoms with Gasteiger partial charge in [0.15, 0.2) is 0 Å². The minimum Gasteiger partial charge on any atom is -0.354 e. The molecular weight excluding hydrogens is 275 g/mol. The van der Waals surface area contributed by atoms with Gasteiger partial charge in [0.1, 0.15) is 5.82 Å². The Bertz CT molecular complexity index is 283. The molecular formula is C10H13IN2. The third-order valence-corrected chi connectivity index (χ3v) is 3.20. The normalized spacial score (nSPS) is 22.3. The molecule has 1 aromatic rings. The largest absolute Gasteiger partial charge is 0.354 e. The van der Waals surface area contributed by atoms with Gasteiger partial charge in [0.25, 0.3) is 0 Å². The van der Waals surface area contributed by atoms with Crippen molar-refractivity contribution in [3.8, 4) is 0 Å². The molecule has 1 atom stereocenters. The van der Waals surface area contributed by atoms with Crippen LogP contribution in [0.2, 0.25) is 0 Å². The maximum Gasteiger partial charge on any atom is 0.128 e. The van der Waals surface area contributed by atoms with Crippen molar-refractivity contribution in [1.29, 1.82) is 0 Å². The molecule has 0 amide bonds. The first kappa shape index (κ1) is 9.24. The summed E-state index contributed by atoms with van der Waals surface area (Å²) in [4.78, 5) is 6.81. The summed E-state index contributed by atoms with van der Waals surface area (Å²) < 4.78 is 1.20. The lowest BCUT2D eigenvalue weighted by Crippen LogP contribution is -2.26. The highest BCUT2D eigenvalue weighted by Crippen LogP contribution is 2.23. The SMILES string of the molecule is CC1CCCN1c1ccc(I)cn1. The number of hydrogen-bond acceptors (Lipinski definition) is 2. The molecule has 0 spiro atoms. The van der Waals surface area contributed by atoms with Gasteiger partial charge in [-0.2, -0.15) is 0 Å². The van der Waals surface area contributed by atoms with Crippen molar-refractivity contribution in [3.63, 3.8) is 0 Å². The number of anilines is 1. The van der Waals surface area contributed by atoms with E-state index in [9.17, 15) is 0 Å². The van der Waals surface area contributed by atoms with Crippen molar-refractivity contribution in [2.75, 3.05) is 11.4 Å². The average Bonchev–Trinajstić information content (AvgIpc) is 2.53. The number of rotatable bonds is 1. The van der Waals surface area contributed by atoms with Gasteiger partial charge in [-0.05, 0) is 54.5 Å². The van der Waals surface area contributed by atoms with Crippen LogP contribution in [-0.4, -0.2) is 17.6 Å². The summed E-state index contributed by atoms with van der Waals surface area (Å²) in [7, 11) is 0. The highest BCUT2D eigenvalue weighted by Gasteiger charge is 2.20. The van der Waals surface area contributed by atoms with Gasteiger partial charge in [-0.3, -0.25) is 0 Å². The van der Waals surface area contributed by atoms with E-state index < -0.39 is 0 Å². The van der Waals surface area contributed by atoms with Gasteiger partial charge in [0, 0.05) is 22.4 Å². The second-order valence-corrected chi connectivity index (χ2v) is 4.76. The summed E-state index contributed by atoms with van der Waals surface area (Å²) in [6.07, 6.45) is 4.53. The zero-order chi connectivity index (χ0) is 9.26. The second kappa shape index (κ2) is 3.82. The third-order valence-electron chi connectivity index (χ3n) is 2.56. The van der Waals surface area contributed by atoms with E-state index in [0.717, 1.165) is 12.4 Å². The maximum absolute atomic E-state index is 4.43. The quantitative estimate of drug-likeness (QED) is 0.739. The molecule has 70 valence electrons. The fourth-order valence-corrected chi connectivity index (χ4v) is 2.13. The van der Waals surface area contributed by atoms with Crippen LogP contribution in [0.1, 0.15) is 19.8 Å². The van der Waals surface area contributed by atoms with Crippen LogP contribution in [0, 0.1) is 3.57 Å². The fourth-order valence-electron chi connectivity index (χ4n) is 1.81. The first-order chi connectivity index (χ1) is 6.27. The topological polar surface area (TPSA) is 16.1 Å². The van der Waals surface area contributed by atoms with Crippen molar-refractivity contribution < 1.29 is 0 Å². The molecule has 3 heteroatoms. The van der Waals surface area contributed by atoms with Crippen LogP contribution in [0.25, 0.3) is 0 Å². The van der Waals surface area contributed by atoms with Crippen molar-refractivity contribution in [2.45, 2.75) is 25.8 Å². The van der Waals surface area contributed by atoms with E-state index in [1.165, 1.54) is 16.4 Å². The van der Waals surface area contributed by atoms with Gasteiger partial charge in [-0.15, -0.1) is 0 Å². The molecule has 1 aliphatic heterocycles. The Labute approximate surface area is 92.5 Å². The Hall–Kier alpha value is -0.320. The predicted molar refractivity (Wildman–Crippen MR) is 63.0 cm³/mol. The van der Waals surface area contributed by atoms with Crippen LogP contribution in [0.15, 0.2) is 18.3 Å². The molecule has 0 bridgehead atoms. The monoisotopic (exact) mass is 288 g/mol. The first-order valence-corrected chi connectivity index (χ1v) is 5.73. The van der Waals surface area contributed by atoms with Crippen LogP contribution in [0.3, 0.4) is 0 Å². The van der Waals surface area contributed by atoms with Gasteiger partial charge in [0.2, 0.25) is 0 Å². The van der Waals surface area contributed by atoms with Crippen molar-refractivity contribution >= 4 is 28.4 Å². The lowest BCUT2D eigenvalue weighted by molar-refractivity contribution is 0.727. The fraction of sp³-hybridized carbons (Fsp3) is 0.500. The zero-order valence-corrected chi connectivity index (χ0v) is 9.86. The zero-order valence-electron chi connectivity index (χ0n) is 7.70. The summed E-state index contributed by atoms with van der Waals surface area (Å²) >= 11 is 2.28. The highest BCUT2D eigenvalue weighted by molar-refractivity contribution is 14.1. The van der Waals surface area contributed by atoms with Crippen LogP contribution < -0.4 is 4.90 Å². The summed E-state index contributed by atoms with van der Waals surface area (Å²) in [5, 5.41) is 0. The molecule has 1 unspecified atom stereocenters. The molecule has 0 aromatic carbocycles. The van der Waals surface area contributed by atoms with E-state index in [-0.39, 0.29) is 0 Å². The molecule has 1 aliphatic rings. The third kappa shape index (κ3) is 1.95. The lowest BCUT2D eigenvalue weighted by Gasteiger charge is -2.22. The molecule has 1 fully saturated rings. The minimum absolute atomic E-state index is 0.660. The van der Waals surface area contributed by atoms with E-state index in [1.54, 1.807) is 0 Å². The molecule has 1 saturated heterocycles. The summed E-state index contributed by atoms with van der Waals surface area (Å²) in [6.45, 7) is 3.43. The summed E-state index contributed by atoms with van der Waals surface area (Å²) in [6, 6.07) is 4.89. The molecule has 0 radical (unpaired) electrons. The molecule has 2 nitrogen and oxygen atoms in total. The van der Waals surface area contributed by atoms with Gasteiger partial charge >= 0.3 is 0 Å². The minimum atomic E-state index is 0.660. The predicted octanol–water partition coefficient (Wildman–Crippen LogP) is 2.67. The number of pyridine rings is 1. The number of hydrogen-bond donors (Lipinski definition) is 0. The molecule has 13 heavy (non-hydrogen) atoms. The van der Waals surface area contributed by atoms with Gasteiger partial charge in [0.05, 0.1) is 0 Å². The lowest BCUT2D eigenvalue weighted by atomic mass is 10.2. The Morgan fingerprint density at radius 1 is 1.54 bits per heavy atom. The Kier molecular flexibility index (Phi) is 2.71. The Balaban J connectivity index is 2.20. The van der Waals surface area contributed by atoms with E-state index in [2.05, 4.69) is 51.5 Å². The van der Waals surface area contributed by atoms with E-state index in [4.69, 9.17) is 0 Å². The van der Waals surface area contributed by atoms with E-state index in [1.807, 2.05) is 6.20 Å². The highest BCUT2D eigenvalue weighted by atomic mass is 127. The molecule has 2 rings (SSSR count). The molecule has 0 N–H and O–H groups in total. The van der Waals surface area contributed by atoms with Crippen LogP contribution >= 0.6 is 22.6 Å². The van der Waals surface area contributed by atoms with Crippen LogP contribution in [0.5, 0.6) is 0 Å². The number of aromatic nitrogens is 1. The average molecular weight is 288 g/mol. The molecule has 0 aliphatic carbocycles. The number of nitrogens with zero attached hydrogens (tertiary/aromatic N) is 2. The van der Waals surface area contributed by atoms with Crippen molar-refractivity contribution in [3.05, 3.63) is 21.9 Å². The second-order valence-electron chi connectivity index (χ2n) is 3.52. The smallest absolute Gasteiger partial charge is 0.128 e. The van der Waals surface area contributed by atoms with Crippen LogP contribution in [0.4, 0.5) is 5.82 Å². The van der Waals surface area contributed by atoms with Gasteiger partial charge < -0.3 is 4.90 Å². The molecule has 0 saturated carbocycles. The molecule has 1 aromatic heterocycles. The van der Waals surface area contributed by atoms with Gasteiger partial charge in [-0.25, -0.2) is 4.98 Å². The van der Waals surface area contributed by atoms with Crippen molar-refractivity contribution in [2.24, 2.45) is 0 Å². The van der Waals surface area contributed by atoms with E-state index in [0.29, 0.717) is 6.04 Å². The maximum atomic E-state index is 4.43. The summed E-state index contributed by atoms with van der Waals surface area (Å²) in [5.41, 5.74) is 0. The van der Waals surface area contributed by atoms with Crippen LogP contribution in [-0.2, 0) is 0 Å². The standard InChI is InChI=1S/C10H13IN2/c1-8-3-2-6-13(8)10-5-4-9(11)7-12-10/h4-5,7-8H,2-3,6H2,1H3. The Morgan fingerprint density at radius 2 is 2.38 bits per heavy atom. The first-order valence-electron chi connectivity index (χ1n) is 4.65. The van der Waals surface area contributed by atoms with Crippen molar-refractivity contribution in [1.82, 2.24) is 4.98 Å². The summed E-state index contributed by atoms with van der Waals surface area (Å²) in [5.74, 6) is 1.13.